The van der Waals surface area contributed by atoms with Gasteiger partial charge in [0.15, 0.2) is 0 Å². The Balaban J connectivity index is -0.000000173. The third kappa shape index (κ3) is 32.0. The minimum absolute atomic E-state index is 0. The van der Waals surface area contributed by atoms with Crippen molar-refractivity contribution in [1.82, 2.24) is 0 Å². The molecule has 4 nitrogen and oxygen atoms in total. The summed E-state index contributed by atoms with van der Waals surface area (Å²) in [7, 11) is 0. The number of hydrogen-bond acceptors (Lipinski definition) is 4. The molecule has 0 aliphatic heterocycles. The van der Waals surface area contributed by atoms with Gasteiger partial charge in [0.2, 0.25) is 0 Å². The Bertz CT molecular complexity index is 69.2. The van der Waals surface area contributed by atoms with Crippen LogP contribution in [-0.2, 0) is 0 Å². The number of nitrogens with two attached hydrogens (primary N) is 4. The maximum atomic E-state index is 5.31. The van der Waals surface area contributed by atoms with Crippen molar-refractivity contribution in [1.29, 1.82) is 0 Å². The van der Waals surface area contributed by atoms with Crippen LogP contribution >= 0.6 is 0 Å². The van der Waals surface area contributed by atoms with Gasteiger partial charge in [0.25, 0.3) is 0 Å². The number of unbranched alkanes of at least 4 members (excludes halogenated alkanes) is 2. The molecule has 0 atom stereocenters. The Morgan fingerprint density at radius 2 is 1.46 bits per heavy atom. The molecular weight excluding hydrogens is 192 g/mol. The van der Waals surface area contributed by atoms with Crippen LogP contribution in [0.1, 0.15) is 32.6 Å². The van der Waals surface area contributed by atoms with Crippen molar-refractivity contribution < 1.29 is 0 Å². The first-order valence-electron chi connectivity index (χ1n) is 4.60. The van der Waals surface area contributed by atoms with E-state index in [0.717, 1.165) is 6.42 Å². The molecule has 0 heterocycles. The molecule has 0 fully saturated rings. The van der Waals surface area contributed by atoms with Crippen molar-refractivity contribution in [3.63, 3.8) is 0 Å². The Kier molecular flexibility index (Phi) is 28.4. The van der Waals surface area contributed by atoms with Gasteiger partial charge in [0.05, 0.1) is 6.17 Å². The van der Waals surface area contributed by atoms with E-state index in [-0.39, 0.29) is 43.9 Å². The zero-order valence-electron chi connectivity index (χ0n) is 8.13. The van der Waals surface area contributed by atoms with Crippen LogP contribution in [0.5, 0.6) is 0 Å². The summed E-state index contributed by atoms with van der Waals surface area (Å²) in [5.41, 5.74) is 20.4. The van der Waals surface area contributed by atoms with Crippen molar-refractivity contribution in [3.8, 4) is 0 Å². The molecule has 0 spiro atoms. The van der Waals surface area contributed by atoms with Gasteiger partial charge in [-0.25, -0.2) is 0 Å². The van der Waals surface area contributed by atoms with E-state index in [1.807, 2.05) is 0 Å². The molecule has 0 saturated heterocycles. The van der Waals surface area contributed by atoms with Crippen LogP contribution in [0.3, 0.4) is 0 Å². The molecule has 0 aromatic rings. The van der Waals surface area contributed by atoms with E-state index in [1.165, 1.54) is 19.3 Å². The minimum atomic E-state index is -0.0958. The van der Waals surface area contributed by atoms with Crippen LogP contribution in [0, 0.1) is 0 Å². The van der Waals surface area contributed by atoms with Crippen molar-refractivity contribution in [2.24, 2.45) is 22.9 Å². The predicted molar refractivity (Wildman–Crippen MR) is 63.0 cm³/mol. The van der Waals surface area contributed by atoms with Crippen LogP contribution in [0.15, 0.2) is 0 Å². The monoisotopic (exact) mass is 218 g/mol. The molecule has 0 aliphatic rings. The van der Waals surface area contributed by atoms with Crippen LogP contribution in [0.2, 0.25) is 0 Å². The van der Waals surface area contributed by atoms with Gasteiger partial charge in [0, 0.05) is 13.1 Å². The van der Waals surface area contributed by atoms with Crippen LogP contribution in [0.25, 0.3) is 0 Å². The molecule has 0 aliphatic carbocycles. The van der Waals surface area contributed by atoms with Gasteiger partial charge in [-0.1, -0.05) is 26.2 Å². The van der Waals surface area contributed by atoms with Crippen molar-refractivity contribution >= 4 is 37.7 Å². The van der Waals surface area contributed by atoms with E-state index in [0.29, 0.717) is 13.1 Å². The molecule has 0 bridgehead atoms. The fraction of sp³-hybridized carbons (Fsp3) is 1.00. The molecule has 0 aromatic heterocycles. The summed E-state index contributed by atoms with van der Waals surface area (Å²) in [5, 5.41) is 0. The average Bonchev–Trinajstić information content (AvgIpc) is 2.05. The van der Waals surface area contributed by atoms with Gasteiger partial charge in [-0.05, 0) is 6.42 Å². The van der Waals surface area contributed by atoms with Crippen molar-refractivity contribution in [2.75, 3.05) is 13.1 Å². The molecule has 0 rings (SSSR count). The second kappa shape index (κ2) is 18.8. The van der Waals surface area contributed by atoms with E-state index in [1.54, 1.807) is 0 Å². The maximum absolute atomic E-state index is 5.31. The molecule has 5 heteroatoms. The zero-order chi connectivity index (χ0) is 9.82. The van der Waals surface area contributed by atoms with Gasteiger partial charge >= 0.3 is 37.7 Å². The molecule has 80 valence electrons. The van der Waals surface area contributed by atoms with Gasteiger partial charge < -0.3 is 22.9 Å². The summed E-state index contributed by atoms with van der Waals surface area (Å²) in [5.74, 6) is 0. The van der Waals surface area contributed by atoms with Gasteiger partial charge in [-0.2, -0.15) is 0 Å². The Hall–Kier alpha value is 1.10. The van der Waals surface area contributed by atoms with E-state index >= 15 is 0 Å². The molecule has 13 heavy (non-hydrogen) atoms. The number of rotatable bonds is 5. The molecule has 8 N–H and O–H groups in total. The SMILES string of the molecule is CCCCCC(N)N.NCCN.[CaH2]. The van der Waals surface area contributed by atoms with Crippen molar-refractivity contribution in [2.45, 2.75) is 38.8 Å². The van der Waals surface area contributed by atoms with Gasteiger partial charge in [-0.3, -0.25) is 0 Å². The van der Waals surface area contributed by atoms with Crippen LogP contribution in [-0.4, -0.2) is 57.0 Å². The molecule has 0 amide bonds. The van der Waals surface area contributed by atoms with E-state index < -0.39 is 0 Å². The number of hydrogen-bond donors (Lipinski definition) is 4. The van der Waals surface area contributed by atoms with E-state index in [9.17, 15) is 0 Å². The Morgan fingerprint density at radius 3 is 1.69 bits per heavy atom. The fourth-order valence-corrected chi connectivity index (χ4v) is 0.630. The Morgan fingerprint density at radius 1 is 1.00 bits per heavy atom. The summed E-state index contributed by atoms with van der Waals surface area (Å²) < 4.78 is 0. The summed E-state index contributed by atoms with van der Waals surface area (Å²) in [6.45, 7) is 3.36. The third-order valence-electron chi connectivity index (χ3n) is 1.31. The van der Waals surface area contributed by atoms with Gasteiger partial charge in [-0.15, -0.1) is 0 Å². The second-order valence-electron chi connectivity index (χ2n) is 2.74. The van der Waals surface area contributed by atoms with E-state index in [4.69, 9.17) is 22.9 Å². The first-order valence-corrected chi connectivity index (χ1v) is 4.60. The molecule has 0 unspecified atom stereocenters. The average molecular weight is 218 g/mol. The summed E-state index contributed by atoms with van der Waals surface area (Å²) >= 11 is 0. The summed E-state index contributed by atoms with van der Waals surface area (Å²) in [6, 6.07) is 0. The summed E-state index contributed by atoms with van der Waals surface area (Å²) in [6.07, 6.45) is 4.54. The first kappa shape index (κ1) is 19.6. The quantitative estimate of drug-likeness (QED) is 0.264. The molecule has 0 radical (unpaired) electrons. The standard InChI is InChI=1S/C6H16N2.C2H8N2.Ca.2H/c1-2-3-4-5-6(7)8;3-1-2-4;;;/h6H,2-5,7-8H2,1H3;1-4H2;;;. The van der Waals surface area contributed by atoms with Gasteiger partial charge in [0.1, 0.15) is 0 Å². The van der Waals surface area contributed by atoms with Crippen LogP contribution in [0.4, 0.5) is 0 Å². The summed E-state index contributed by atoms with van der Waals surface area (Å²) in [4.78, 5) is 0. The zero-order valence-corrected chi connectivity index (χ0v) is 8.13. The fourth-order valence-electron chi connectivity index (χ4n) is 0.630. The predicted octanol–water partition coefficient (Wildman–Crippen LogP) is -1.20. The molecule has 0 saturated carbocycles. The Labute approximate surface area is 112 Å². The molecular formula is C8H26CaN4. The molecule has 0 aromatic carbocycles. The second-order valence-corrected chi connectivity index (χ2v) is 2.74. The van der Waals surface area contributed by atoms with Crippen molar-refractivity contribution in [3.05, 3.63) is 0 Å². The topological polar surface area (TPSA) is 104 Å². The van der Waals surface area contributed by atoms with Crippen LogP contribution < -0.4 is 22.9 Å². The van der Waals surface area contributed by atoms with E-state index in [2.05, 4.69) is 6.92 Å². The third-order valence-corrected chi connectivity index (χ3v) is 1.31. The normalized spacial score (nSPS) is 8.77. The first-order chi connectivity index (χ1) is 5.68.